The van der Waals surface area contributed by atoms with E-state index in [1.54, 1.807) is 17.9 Å². The van der Waals surface area contributed by atoms with Crippen LogP contribution in [0.1, 0.15) is 29.8 Å². The zero-order chi connectivity index (χ0) is 16.3. The summed E-state index contributed by atoms with van der Waals surface area (Å²) in [5.41, 5.74) is -0.777. The van der Waals surface area contributed by atoms with Crippen molar-refractivity contribution in [3.63, 3.8) is 0 Å². The zero-order valence-electron chi connectivity index (χ0n) is 11.5. The third kappa shape index (κ3) is 3.83. The highest BCUT2D eigenvalue weighted by Crippen LogP contribution is 2.24. The number of amides is 1. The Morgan fingerprint density at radius 2 is 2.05 bits per heavy atom. The summed E-state index contributed by atoms with van der Waals surface area (Å²) < 4.78 is 52.7. The topological polar surface area (TPSA) is 64.7 Å². The van der Waals surface area contributed by atoms with Crippen molar-refractivity contribution in [1.82, 2.24) is 24.9 Å². The molecule has 22 heavy (non-hydrogen) atoms. The quantitative estimate of drug-likeness (QED) is 0.826. The number of aryl methyl sites for hydroxylation is 1. The largest absolute Gasteiger partial charge is 0.350 e. The molecule has 0 saturated carbocycles. The molecular weight excluding hydrogens is 306 g/mol. The Bertz CT molecular complexity index is 652. The molecule has 0 spiro atoms. The number of hydrogen-bond acceptors (Lipinski definition) is 3. The van der Waals surface area contributed by atoms with Crippen molar-refractivity contribution in [2.75, 3.05) is 0 Å². The van der Waals surface area contributed by atoms with E-state index in [-0.39, 0.29) is 6.54 Å². The number of aromatic nitrogens is 4. The van der Waals surface area contributed by atoms with E-state index < -0.39 is 36.7 Å². The van der Waals surface area contributed by atoms with Crippen molar-refractivity contribution >= 4 is 5.91 Å². The molecule has 2 aromatic heterocycles. The summed E-state index contributed by atoms with van der Waals surface area (Å²) in [5, 5.41) is 9.72. The van der Waals surface area contributed by atoms with Crippen LogP contribution in [0.5, 0.6) is 0 Å². The van der Waals surface area contributed by atoms with Gasteiger partial charge in [-0.05, 0) is 6.07 Å². The monoisotopic (exact) mass is 319 g/mol. The number of halogens is 4. The zero-order valence-corrected chi connectivity index (χ0v) is 11.5. The van der Waals surface area contributed by atoms with Gasteiger partial charge in [-0.1, -0.05) is 0 Å². The van der Waals surface area contributed by atoms with Crippen LogP contribution >= 0.6 is 0 Å². The molecule has 2 heterocycles. The Balaban J connectivity index is 2.01. The Hall–Kier alpha value is -2.39. The van der Waals surface area contributed by atoms with Crippen molar-refractivity contribution in [1.29, 1.82) is 0 Å². The van der Waals surface area contributed by atoms with Crippen LogP contribution in [-0.4, -0.2) is 25.5 Å². The smallest absolute Gasteiger partial charge is 0.282 e. The lowest BCUT2D eigenvalue weighted by atomic mass is 10.3. The molecule has 6 nitrogen and oxygen atoms in total. The maximum absolute atomic E-state index is 12.8. The first-order chi connectivity index (χ1) is 10.4. The summed E-state index contributed by atoms with van der Waals surface area (Å²) in [6.07, 6.45) is -2.76. The maximum atomic E-state index is 12.8. The molecule has 0 saturated heterocycles. The highest BCUT2D eigenvalue weighted by molar-refractivity contribution is 5.75. The molecule has 0 aliphatic carbocycles. The van der Waals surface area contributed by atoms with E-state index in [1.165, 1.54) is 6.20 Å². The third-order valence-corrected chi connectivity index (χ3v) is 2.82. The Kier molecular flexibility index (Phi) is 4.78. The molecule has 0 bridgehead atoms. The first-order valence-electron chi connectivity index (χ1n) is 6.25. The number of carbonyl (C=O) groups is 1. The van der Waals surface area contributed by atoms with E-state index in [4.69, 9.17) is 0 Å². The number of nitrogens with one attached hydrogen (secondary N) is 1. The minimum atomic E-state index is -2.99. The number of alkyl halides is 4. The van der Waals surface area contributed by atoms with E-state index >= 15 is 0 Å². The van der Waals surface area contributed by atoms with Crippen LogP contribution in [0.4, 0.5) is 17.6 Å². The molecule has 1 amide bonds. The summed E-state index contributed by atoms with van der Waals surface area (Å²) in [4.78, 5) is 11.7. The Labute approximate surface area is 122 Å². The third-order valence-electron chi connectivity index (χ3n) is 2.82. The fraction of sp³-hybridized carbons (Fsp3) is 0.417. The van der Waals surface area contributed by atoms with Gasteiger partial charge in [-0.15, -0.1) is 0 Å². The van der Waals surface area contributed by atoms with E-state index in [2.05, 4.69) is 15.5 Å². The summed E-state index contributed by atoms with van der Waals surface area (Å²) in [5.74, 6) is -0.616. The molecule has 1 N–H and O–H groups in total. The molecule has 0 radical (unpaired) electrons. The van der Waals surface area contributed by atoms with Crippen molar-refractivity contribution in [2.24, 2.45) is 7.05 Å². The van der Waals surface area contributed by atoms with Crippen molar-refractivity contribution < 1.29 is 22.4 Å². The second-order valence-corrected chi connectivity index (χ2v) is 4.55. The van der Waals surface area contributed by atoms with Crippen LogP contribution in [0.25, 0.3) is 0 Å². The van der Waals surface area contributed by atoms with Gasteiger partial charge in [-0.2, -0.15) is 10.2 Å². The number of hydrogen-bond donors (Lipinski definition) is 1. The van der Waals surface area contributed by atoms with Crippen LogP contribution in [0.3, 0.4) is 0 Å². The average molecular weight is 319 g/mol. The predicted octanol–water partition coefficient (Wildman–Crippen LogP) is 1.81. The molecule has 120 valence electrons. The molecule has 10 heteroatoms. The minimum absolute atomic E-state index is 0.152. The van der Waals surface area contributed by atoms with Crippen LogP contribution < -0.4 is 5.32 Å². The normalized spacial score (nSPS) is 11.4. The molecule has 2 rings (SSSR count). The van der Waals surface area contributed by atoms with Gasteiger partial charge in [0.2, 0.25) is 5.91 Å². The number of nitrogens with zero attached hydrogens (tertiary/aromatic N) is 4. The van der Waals surface area contributed by atoms with Gasteiger partial charge >= 0.3 is 0 Å². The molecule has 0 aliphatic heterocycles. The Morgan fingerprint density at radius 3 is 2.59 bits per heavy atom. The number of rotatable bonds is 6. The molecule has 0 aromatic carbocycles. The van der Waals surface area contributed by atoms with Gasteiger partial charge in [-0.3, -0.25) is 14.2 Å². The standard InChI is InChI=1S/C12H13F4N5O/c1-20-5-7(4-18-20)3-17-10(22)6-21-9(12(15)16)2-8(19-21)11(13)14/h2,4-5,11-12H,3,6H2,1H3,(H,17,22). The second-order valence-electron chi connectivity index (χ2n) is 4.55. The SMILES string of the molecule is Cn1cc(CNC(=O)Cn2nc(C(F)F)cc2C(F)F)cn1. The molecule has 0 atom stereocenters. The lowest BCUT2D eigenvalue weighted by molar-refractivity contribution is -0.122. The molecule has 2 aromatic rings. The average Bonchev–Trinajstić information content (AvgIpc) is 3.03. The van der Waals surface area contributed by atoms with E-state index in [1.807, 2.05) is 0 Å². The van der Waals surface area contributed by atoms with Crippen molar-refractivity contribution in [2.45, 2.75) is 25.9 Å². The number of carbonyl (C=O) groups excluding carboxylic acids is 1. The van der Waals surface area contributed by atoms with Gasteiger partial charge in [-0.25, -0.2) is 17.6 Å². The summed E-state index contributed by atoms with van der Waals surface area (Å²) in [6, 6.07) is 0.601. The molecule has 0 aliphatic rings. The van der Waals surface area contributed by atoms with Gasteiger partial charge in [0, 0.05) is 25.4 Å². The Morgan fingerprint density at radius 1 is 1.32 bits per heavy atom. The first-order valence-corrected chi connectivity index (χ1v) is 6.25. The fourth-order valence-electron chi connectivity index (χ4n) is 1.82. The van der Waals surface area contributed by atoms with E-state index in [0.717, 1.165) is 5.56 Å². The van der Waals surface area contributed by atoms with E-state index in [0.29, 0.717) is 10.7 Å². The van der Waals surface area contributed by atoms with Gasteiger partial charge < -0.3 is 5.32 Å². The lowest BCUT2D eigenvalue weighted by Crippen LogP contribution is -2.28. The molecule has 0 unspecified atom stereocenters. The summed E-state index contributed by atoms with van der Waals surface area (Å²) >= 11 is 0. The van der Waals surface area contributed by atoms with Crippen LogP contribution in [0, 0.1) is 0 Å². The second kappa shape index (κ2) is 6.58. The van der Waals surface area contributed by atoms with Crippen molar-refractivity contribution in [3.05, 3.63) is 35.4 Å². The summed E-state index contributed by atoms with van der Waals surface area (Å²) in [7, 11) is 1.70. The van der Waals surface area contributed by atoms with Crippen LogP contribution in [0.2, 0.25) is 0 Å². The fourth-order valence-corrected chi connectivity index (χ4v) is 1.82. The van der Waals surface area contributed by atoms with E-state index in [9.17, 15) is 22.4 Å². The highest BCUT2D eigenvalue weighted by atomic mass is 19.3. The first kappa shape index (κ1) is 16.0. The van der Waals surface area contributed by atoms with Gasteiger partial charge in [0.15, 0.2) is 0 Å². The lowest BCUT2D eigenvalue weighted by Gasteiger charge is -2.07. The van der Waals surface area contributed by atoms with Crippen LogP contribution in [-0.2, 0) is 24.9 Å². The highest BCUT2D eigenvalue weighted by Gasteiger charge is 2.22. The summed E-state index contributed by atoms with van der Waals surface area (Å²) in [6.45, 7) is -0.410. The minimum Gasteiger partial charge on any atom is -0.350 e. The molecular formula is C12H13F4N5O. The maximum Gasteiger partial charge on any atom is 0.282 e. The van der Waals surface area contributed by atoms with Gasteiger partial charge in [0.1, 0.15) is 17.9 Å². The van der Waals surface area contributed by atoms with Gasteiger partial charge in [0.05, 0.1) is 6.20 Å². The predicted molar refractivity (Wildman–Crippen MR) is 67.2 cm³/mol. The van der Waals surface area contributed by atoms with Crippen molar-refractivity contribution in [3.8, 4) is 0 Å². The van der Waals surface area contributed by atoms with Crippen LogP contribution in [0.15, 0.2) is 18.5 Å². The van der Waals surface area contributed by atoms with Gasteiger partial charge in [0.25, 0.3) is 12.9 Å². The molecule has 0 fully saturated rings.